The largest absolute Gasteiger partial charge is 0.361 e. The average Bonchev–Trinajstić information content (AvgIpc) is 3.12. The molecule has 1 fully saturated rings. The van der Waals surface area contributed by atoms with Crippen molar-refractivity contribution < 1.29 is 4.52 Å². The molecule has 6 heteroatoms. The molecule has 0 saturated carbocycles. The van der Waals surface area contributed by atoms with E-state index in [4.69, 9.17) is 4.52 Å². The third-order valence-electron chi connectivity index (χ3n) is 5.41. The van der Waals surface area contributed by atoms with Gasteiger partial charge in [-0.05, 0) is 45.2 Å². The molecule has 1 N–H and O–H groups in total. The Morgan fingerprint density at radius 2 is 2.00 bits per heavy atom. The minimum atomic E-state index is 0.00960. The molecule has 0 bridgehead atoms. The molecule has 0 amide bonds. The minimum absolute atomic E-state index is 0.00960. The number of benzene rings is 1. The van der Waals surface area contributed by atoms with E-state index >= 15 is 0 Å². The smallest absolute Gasteiger partial charge is 0.326 e. The van der Waals surface area contributed by atoms with Gasteiger partial charge in [0.1, 0.15) is 5.76 Å². The van der Waals surface area contributed by atoms with Gasteiger partial charge in [0.15, 0.2) is 0 Å². The number of H-pyrrole nitrogens is 1. The van der Waals surface area contributed by atoms with Crippen LogP contribution in [0.1, 0.15) is 35.9 Å². The van der Waals surface area contributed by atoms with Gasteiger partial charge in [0.2, 0.25) is 0 Å². The number of hydrogen-bond acceptors (Lipinski definition) is 4. The lowest BCUT2D eigenvalue weighted by Gasteiger charge is -2.32. The van der Waals surface area contributed by atoms with Crippen molar-refractivity contribution >= 4 is 11.0 Å². The lowest BCUT2D eigenvalue weighted by Crippen LogP contribution is -2.38. The fourth-order valence-corrected chi connectivity index (χ4v) is 3.97. The molecule has 2 aromatic heterocycles. The molecule has 0 radical (unpaired) electrons. The van der Waals surface area contributed by atoms with Crippen molar-refractivity contribution in [2.75, 3.05) is 19.6 Å². The van der Waals surface area contributed by atoms with Crippen molar-refractivity contribution in [1.82, 2.24) is 19.6 Å². The monoisotopic (exact) mass is 340 g/mol. The highest BCUT2D eigenvalue weighted by molar-refractivity contribution is 5.75. The van der Waals surface area contributed by atoms with E-state index in [9.17, 15) is 4.79 Å². The van der Waals surface area contributed by atoms with E-state index in [0.29, 0.717) is 0 Å². The van der Waals surface area contributed by atoms with Gasteiger partial charge in [-0.3, -0.25) is 4.57 Å². The van der Waals surface area contributed by atoms with Crippen LogP contribution in [0.2, 0.25) is 0 Å². The van der Waals surface area contributed by atoms with Gasteiger partial charge in [-0.15, -0.1) is 0 Å². The van der Waals surface area contributed by atoms with Gasteiger partial charge in [0.05, 0.1) is 16.7 Å². The number of fused-ring (bicyclic) bond motifs is 1. The van der Waals surface area contributed by atoms with E-state index in [1.807, 2.05) is 42.7 Å². The first kappa shape index (κ1) is 16.1. The number of hydrogen-bond donors (Lipinski definition) is 1. The second kappa shape index (κ2) is 6.52. The van der Waals surface area contributed by atoms with Crippen LogP contribution in [-0.2, 0) is 6.42 Å². The summed E-state index contributed by atoms with van der Waals surface area (Å²) in [7, 11) is 0. The van der Waals surface area contributed by atoms with Gasteiger partial charge in [0, 0.05) is 31.2 Å². The molecule has 0 unspecified atom stereocenters. The number of aryl methyl sites for hydroxylation is 2. The lowest BCUT2D eigenvalue weighted by molar-refractivity contribution is 0.188. The summed E-state index contributed by atoms with van der Waals surface area (Å²) in [4.78, 5) is 17.8. The Bertz CT molecular complexity index is 909. The van der Waals surface area contributed by atoms with Gasteiger partial charge >= 0.3 is 5.69 Å². The quantitative estimate of drug-likeness (QED) is 0.793. The Hall–Kier alpha value is -2.34. The molecule has 132 valence electrons. The van der Waals surface area contributed by atoms with Crippen LogP contribution >= 0.6 is 0 Å². The molecule has 1 aromatic carbocycles. The molecule has 25 heavy (non-hydrogen) atoms. The number of imidazole rings is 1. The van der Waals surface area contributed by atoms with Crippen LogP contribution in [0.5, 0.6) is 0 Å². The number of aromatic nitrogens is 3. The van der Waals surface area contributed by atoms with E-state index in [1.54, 1.807) is 0 Å². The number of likely N-dealkylation sites (tertiary alicyclic amines) is 1. The van der Waals surface area contributed by atoms with Crippen LogP contribution in [0, 0.1) is 13.8 Å². The van der Waals surface area contributed by atoms with Gasteiger partial charge in [0.25, 0.3) is 0 Å². The third kappa shape index (κ3) is 3.02. The fraction of sp³-hybridized carbons (Fsp3) is 0.474. The van der Waals surface area contributed by atoms with Crippen LogP contribution < -0.4 is 5.69 Å². The van der Waals surface area contributed by atoms with E-state index in [1.165, 1.54) is 5.56 Å². The summed E-state index contributed by atoms with van der Waals surface area (Å²) < 4.78 is 7.19. The van der Waals surface area contributed by atoms with Crippen LogP contribution in [0.3, 0.4) is 0 Å². The van der Waals surface area contributed by atoms with Gasteiger partial charge in [-0.1, -0.05) is 17.3 Å². The predicted molar refractivity (Wildman–Crippen MR) is 97.0 cm³/mol. The molecule has 0 aliphatic carbocycles. The topological polar surface area (TPSA) is 67.1 Å². The molecule has 1 aliphatic rings. The third-order valence-corrected chi connectivity index (χ3v) is 5.41. The summed E-state index contributed by atoms with van der Waals surface area (Å²) in [5.74, 6) is 0.928. The Morgan fingerprint density at radius 1 is 1.24 bits per heavy atom. The second-order valence-corrected chi connectivity index (χ2v) is 6.94. The van der Waals surface area contributed by atoms with Crippen molar-refractivity contribution in [2.45, 2.75) is 39.2 Å². The molecular weight excluding hydrogens is 316 g/mol. The van der Waals surface area contributed by atoms with Crippen molar-refractivity contribution in [2.24, 2.45) is 0 Å². The molecule has 0 spiro atoms. The number of rotatable bonds is 4. The van der Waals surface area contributed by atoms with Crippen LogP contribution in [-0.4, -0.2) is 39.2 Å². The van der Waals surface area contributed by atoms with Gasteiger partial charge in [-0.25, -0.2) is 4.79 Å². The Labute approximate surface area is 146 Å². The second-order valence-electron chi connectivity index (χ2n) is 6.94. The first-order valence-electron chi connectivity index (χ1n) is 8.97. The van der Waals surface area contributed by atoms with Crippen LogP contribution in [0.25, 0.3) is 11.0 Å². The first-order chi connectivity index (χ1) is 12.1. The summed E-state index contributed by atoms with van der Waals surface area (Å²) >= 11 is 0. The summed E-state index contributed by atoms with van der Waals surface area (Å²) in [6.07, 6.45) is 2.98. The SMILES string of the molecule is Cc1noc(C)c1CCN1CCC(n2c(=O)[nH]c3ccccc32)CC1. The number of piperidine rings is 1. The molecule has 6 nitrogen and oxygen atoms in total. The highest BCUT2D eigenvalue weighted by Crippen LogP contribution is 2.25. The maximum absolute atomic E-state index is 12.4. The van der Waals surface area contributed by atoms with Gasteiger partial charge < -0.3 is 14.4 Å². The highest BCUT2D eigenvalue weighted by atomic mass is 16.5. The zero-order valence-corrected chi connectivity index (χ0v) is 14.8. The Balaban J connectivity index is 1.41. The number of nitrogens with zero attached hydrogens (tertiary/aromatic N) is 3. The zero-order valence-electron chi connectivity index (χ0n) is 14.8. The van der Waals surface area contributed by atoms with E-state index < -0.39 is 0 Å². The normalized spacial score (nSPS) is 16.7. The van der Waals surface area contributed by atoms with E-state index in [2.05, 4.69) is 15.0 Å². The van der Waals surface area contributed by atoms with Crippen LogP contribution in [0.15, 0.2) is 33.6 Å². The zero-order chi connectivity index (χ0) is 17.4. The Morgan fingerprint density at radius 3 is 2.72 bits per heavy atom. The fourth-order valence-electron chi connectivity index (χ4n) is 3.97. The van der Waals surface area contributed by atoms with Crippen molar-refractivity contribution in [1.29, 1.82) is 0 Å². The summed E-state index contributed by atoms with van der Waals surface area (Å²) in [5, 5.41) is 4.03. The highest BCUT2D eigenvalue weighted by Gasteiger charge is 2.23. The molecule has 3 aromatic rings. The average molecular weight is 340 g/mol. The molecule has 1 aliphatic heterocycles. The Kier molecular flexibility index (Phi) is 4.21. The molecule has 0 atom stereocenters. The first-order valence-corrected chi connectivity index (χ1v) is 8.97. The number of aromatic amines is 1. The maximum Gasteiger partial charge on any atom is 0.326 e. The number of nitrogens with one attached hydrogen (secondary N) is 1. The minimum Gasteiger partial charge on any atom is -0.361 e. The van der Waals surface area contributed by atoms with E-state index in [0.717, 1.165) is 61.4 Å². The van der Waals surface area contributed by atoms with Crippen LogP contribution in [0.4, 0.5) is 0 Å². The summed E-state index contributed by atoms with van der Waals surface area (Å²) in [5.41, 5.74) is 4.18. The molecule has 3 heterocycles. The lowest BCUT2D eigenvalue weighted by atomic mass is 10.0. The number of para-hydroxylation sites is 2. The van der Waals surface area contributed by atoms with Crippen molar-refractivity contribution in [3.63, 3.8) is 0 Å². The van der Waals surface area contributed by atoms with Gasteiger partial charge in [-0.2, -0.15) is 0 Å². The van der Waals surface area contributed by atoms with Crippen molar-refractivity contribution in [3.8, 4) is 0 Å². The molecule has 4 rings (SSSR count). The predicted octanol–water partition coefficient (Wildman–Crippen LogP) is 2.81. The maximum atomic E-state index is 12.4. The summed E-state index contributed by atoms with van der Waals surface area (Å²) in [6.45, 7) is 7.02. The van der Waals surface area contributed by atoms with Crippen molar-refractivity contribution in [3.05, 3.63) is 51.8 Å². The standard InChI is InChI=1S/C19H24N4O2/c1-13-16(14(2)25-21-13)9-12-22-10-7-15(8-11-22)23-18-6-4-3-5-17(18)20-19(23)24/h3-6,15H,7-12H2,1-2H3,(H,20,24). The molecular formula is C19H24N4O2. The molecule has 1 saturated heterocycles. The van der Waals surface area contributed by atoms with E-state index in [-0.39, 0.29) is 11.7 Å². The summed E-state index contributed by atoms with van der Waals surface area (Å²) in [6, 6.07) is 8.22.